The number of carbonyl (C=O) groups is 1. The van der Waals surface area contributed by atoms with Crippen LogP contribution in [0.5, 0.6) is 0 Å². The van der Waals surface area contributed by atoms with E-state index in [1.54, 1.807) is 6.92 Å². The summed E-state index contributed by atoms with van der Waals surface area (Å²) in [7, 11) is -8.82. The molecule has 228 valence electrons. The van der Waals surface area contributed by atoms with Gasteiger partial charge in [0.1, 0.15) is 29.7 Å². The van der Waals surface area contributed by atoms with Gasteiger partial charge in [-0.2, -0.15) is 0 Å². The zero-order valence-electron chi connectivity index (χ0n) is 20.5. The van der Waals surface area contributed by atoms with Gasteiger partial charge in [0, 0.05) is 26.1 Å². The molecule has 0 radical (unpaired) electrons. The highest BCUT2D eigenvalue weighted by molar-refractivity contribution is 7.81. The molecule has 3 aliphatic rings. The normalized spacial score (nSPS) is 41.5. The van der Waals surface area contributed by atoms with Crippen molar-refractivity contribution in [2.24, 2.45) is 11.8 Å². The average molecular weight is 629 g/mol. The van der Waals surface area contributed by atoms with Crippen LogP contribution in [0.2, 0.25) is 0 Å². The summed E-state index contributed by atoms with van der Waals surface area (Å²) >= 11 is -3.29. The molecule has 2 heterocycles. The molecule has 3 rings (SSSR count). The van der Waals surface area contributed by atoms with E-state index in [1.807, 2.05) is 0 Å². The van der Waals surface area contributed by atoms with Crippen LogP contribution < -0.4 is 5.11 Å². The lowest BCUT2D eigenvalue weighted by molar-refractivity contribution is -0.365. The second-order valence-corrected chi connectivity index (χ2v) is 11.3. The molecule has 2 saturated heterocycles. The second kappa shape index (κ2) is 12.1. The Bertz CT molecular complexity index is 1130. The molecule has 1 aliphatic carbocycles. The van der Waals surface area contributed by atoms with E-state index in [0.717, 1.165) is 14.2 Å². The fourth-order valence-corrected chi connectivity index (χ4v) is 6.21. The van der Waals surface area contributed by atoms with E-state index in [4.69, 9.17) is 28.6 Å². The van der Waals surface area contributed by atoms with Crippen molar-refractivity contribution in [3.63, 3.8) is 0 Å². The maximum atomic E-state index is 11.8. The van der Waals surface area contributed by atoms with Gasteiger partial charge in [-0.15, -0.1) is 4.33 Å². The van der Waals surface area contributed by atoms with Crippen LogP contribution in [0, 0.1) is 11.8 Å². The number of carboxylic acids is 1. The van der Waals surface area contributed by atoms with Crippen molar-refractivity contribution in [3.05, 3.63) is 0 Å². The van der Waals surface area contributed by atoms with Gasteiger partial charge in [0.05, 0.1) is 17.7 Å². The van der Waals surface area contributed by atoms with E-state index in [-0.39, 0.29) is 6.42 Å². The van der Waals surface area contributed by atoms with Gasteiger partial charge in [0.15, 0.2) is 24.8 Å². The number of ether oxygens (including phenoxy) is 5. The molecule has 1 saturated carbocycles. The molecule has 0 aromatic rings. The quantitative estimate of drug-likeness (QED) is 0.0619. The summed E-state index contributed by atoms with van der Waals surface area (Å²) in [5, 5.41) is 11.8. The number of fused-ring (bicyclic) bond motifs is 1. The number of carboxylic acid groups (broad SMARTS) is 1. The van der Waals surface area contributed by atoms with Crippen LogP contribution in [0.4, 0.5) is 0 Å². The van der Waals surface area contributed by atoms with E-state index in [0.29, 0.717) is 0 Å². The summed E-state index contributed by atoms with van der Waals surface area (Å²) in [5.41, 5.74) is -1.84. The average Bonchev–Trinajstić information content (AvgIpc) is 3.41. The first-order chi connectivity index (χ1) is 18.0. The number of methoxy groups -OCH3 is 2. The van der Waals surface area contributed by atoms with Crippen LogP contribution in [0.1, 0.15) is 20.3 Å². The second-order valence-electron chi connectivity index (χ2n) is 8.76. The first kappa shape index (κ1) is 32.6. The molecule has 22 heteroatoms. The van der Waals surface area contributed by atoms with E-state index in [9.17, 15) is 44.6 Å². The van der Waals surface area contributed by atoms with E-state index in [1.165, 1.54) is 6.92 Å². The predicted octanol–water partition coefficient (Wildman–Crippen LogP) is -3.92. The minimum Gasteiger partial charge on any atom is -0.748 e. The molecule has 19 nitrogen and oxygen atoms in total. The smallest absolute Gasteiger partial charge is 0.218 e. The van der Waals surface area contributed by atoms with Gasteiger partial charge >= 0.3 is 0 Å². The monoisotopic (exact) mass is 628 g/mol. The van der Waals surface area contributed by atoms with Crippen molar-refractivity contribution < 1.29 is 85.9 Å². The molecule has 6 unspecified atom stereocenters. The Morgan fingerprint density at radius 2 is 1.51 bits per heavy atom. The number of aliphatic carboxylic acids is 1. The highest BCUT2D eigenvalue weighted by Crippen LogP contribution is 2.62. The number of rotatable bonds is 13. The Morgan fingerprint density at radius 1 is 0.923 bits per heavy atom. The van der Waals surface area contributed by atoms with Crippen molar-refractivity contribution in [2.75, 3.05) is 14.2 Å². The highest BCUT2D eigenvalue weighted by atomic mass is 32.3. The van der Waals surface area contributed by atoms with Crippen LogP contribution in [0.15, 0.2) is 0 Å². The number of hydrogen-bond donors (Lipinski definition) is 0. The Morgan fingerprint density at radius 3 is 1.97 bits per heavy atom. The Hall–Kier alpha value is -0.960. The van der Waals surface area contributed by atoms with Crippen molar-refractivity contribution in [2.45, 2.75) is 75.1 Å². The van der Waals surface area contributed by atoms with Crippen molar-refractivity contribution in [1.82, 2.24) is 0 Å². The number of hydrogen-bond acceptors (Lipinski definition) is 19. The van der Waals surface area contributed by atoms with Crippen LogP contribution in [-0.2, 0) is 78.2 Å². The van der Waals surface area contributed by atoms with Gasteiger partial charge in [-0.1, -0.05) is 6.92 Å². The van der Waals surface area contributed by atoms with Gasteiger partial charge < -0.3 is 47.2 Å². The van der Waals surface area contributed by atoms with E-state index >= 15 is 0 Å². The van der Waals surface area contributed by atoms with Crippen LogP contribution in [0.3, 0.4) is 0 Å². The topological polar surface area (TPSA) is 278 Å². The summed E-state index contributed by atoms with van der Waals surface area (Å²) in [6.07, 6.45) is -13.4. The molecule has 2 aliphatic heterocycles. The lowest BCUT2D eigenvalue weighted by atomic mass is 9.97. The molecular weight excluding hydrogens is 604 g/mol. The zero-order chi connectivity index (χ0) is 29.5. The molecule has 39 heavy (non-hydrogen) atoms. The van der Waals surface area contributed by atoms with Gasteiger partial charge in [-0.25, -0.2) is 25.9 Å². The van der Waals surface area contributed by atoms with Crippen LogP contribution in [-0.4, -0.2) is 110 Å². The molecule has 0 amide bonds. The summed E-state index contributed by atoms with van der Waals surface area (Å²) in [4.78, 5) is 16.6. The summed E-state index contributed by atoms with van der Waals surface area (Å²) in [5.74, 6) is -4.35. The minimum absolute atomic E-state index is 0.107. The van der Waals surface area contributed by atoms with Crippen molar-refractivity contribution in [1.29, 1.82) is 0 Å². The fraction of sp³-hybridized carbons (Fsp3) is 0.941. The Balaban J connectivity index is 2.02. The van der Waals surface area contributed by atoms with Gasteiger partial charge in [0.2, 0.25) is 20.8 Å². The zero-order valence-corrected chi connectivity index (χ0v) is 22.9. The molecule has 0 aromatic heterocycles. The third-order valence-electron chi connectivity index (χ3n) is 6.59. The molecule has 0 N–H and O–H groups in total. The maximum Gasteiger partial charge on any atom is 0.218 e. The predicted molar refractivity (Wildman–Crippen MR) is 111 cm³/mol. The largest absolute Gasteiger partial charge is 0.748 e. The summed E-state index contributed by atoms with van der Waals surface area (Å²) < 4.78 is 131. The highest BCUT2D eigenvalue weighted by Gasteiger charge is 2.75. The minimum atomic E-state index is -5.57. The molecule has 0 spiro atoms. The lowest BCUT2D eigenvalue weighted by Gasteiger charge is -2.45. The van der Waals surface area contributed by atoms with Gasteiger partial charge in [-0.3, -0.25) is 8.37 Å². The van der Waals surface area contributed by atoms with Crippen LogP contribution >= 0.6 is 0 Å². The van der Waals surface area contributed by atoms with E-state index < -0.39 is 105 Å². The molecular formula is C17H24O19S3-4. The van der Waals surface area contributed by atoms with E-state index in [2.05, 4.69) is 12.7 Å². The van der Waals surface area contributed by atoms with Gasteiger partial charge in [0.25, 0.3) is 0 Å². The number of carbonyl (C=O) groups excluding carboxylic acids is 1. The Kier molecular flexibility index (Phi) is 10.1. The third-order valence-corrected chi connectivity index (χ3v) is 7.70. The fourth-order valence-electron chi connectivity index (χ4n) is 5.10. The van der Waals surface area contributed by atoms with Gasteiger partial charge in [-0.05, 0) is 13.3 Å². The van der Waals surface area contributed by atoms with Crippen molar-refractivity contribution >= 4 is 38.1 Å². The third kappa shape index (κ3) is 7.28. The molecule has 0 bridgehead atoms. The van der Waals surface area contributed by atoms with Crippen LogP contribution in [0.25, 0.3) is 0 Å². The molecule has 3 fully saturated rings. The summed E-state index contributed by atoms with van der Waals surface area (Å²) in [6, 6.07) is 0. The Labute approximate surface area is 225 Å². The first-order valence-corrected chi connectivity index (χ1v) is 14.6. The van der Waals surface area contributed by atoms with Crippen molar-refractivity contribution in [3.8, 4) is 0 Å². The standard InChI is InChI=1S/C17H28O19S3/c1-5-6-9(28-3)12(33-36-37(20)21)13(35-39(25,26)27)16(30-6)32-17(2)7-8(17)11(34-38(22,23)24)15(29-4)31-10(7)14(18)19/h6-13,15-16H,5H2,1-4H3,(H,18,19)(H,20,21)(H,22,23,24)(H,25,26,27)/p-4/t6?,7-,8-,9+,10?,11?,12-,13?,15-,16-,17?/m0/s1. The lowest BCUT2D eigenvalue weighted by Crippen LogP contribution is -2.61. The first-order valence-electron chi connectivity index (χ1n) is 10.9. The maximum absolute atomic E-state index is 11.8. The molecule has 12 atom stereocenters. The molecule has 0 aromatic carbocycles. The summed E-state index contributed by atoms with van der Waals surface area (Å²) in [6.45, 7) is 2.80. The SMILES string of the molecule is CCC1O[C@@H](OC2(C)[C@@H]3C(C(=O)[O-])O[C@H](OC)C(OS(=O)(=O)[O-])[C@H]32)C(OS(=O)(=O)[O-])[C@@H](OOS(=O)[O-])[C@@H]1OC.